The van der Waals surface area contributed by atoms with E-state index < -0.39 is 0 Å². The van der Waals surface area contributed by atoms with Gasteiger partial charge in [0.1, 0.15) is 6.17 Å². The zero-order chi connectivity index (χ0) is 15.8. The van der Waals surface area contributed by atoms with E-state index >= 15 is 0 Å². The van der Waals surface area contributed by atoms with Crippen LogP contribution in [0.15, 0.2) is 54.7 Å². The number of carbonyl (C=O) groups excluding carboxylic acids is 1. The highest BCUT2D eigenvalue weighted by Gasteiger charge is 2.33. The van der Waals surface area contributed by atoms with Crippen LogP contribution < -0.4 is 5.32 Å². The minimum atomic E-state index is -0.145. The number of nitrogens with zero attached hydrogens (tertiary/aromatic N) is 1. The third-order valence-corrected chi connectivity index (χ3v) is 4.40. The number of aromatic nitrogens is 1. The minimum absolute atomic E-state index is 0.0940. The monoisotopic (exact) mass is 305 g/mol. The number of hydrogen-bond donors (Lipinski definition) is 2. The summed E-state index contributed by atoms with van der Waals surface area (Å²) in [6, 6.07) is 15.9. The summed E-state index contributed by atoms with van der Waals surface area (Å²) in [5.74, 6) is 0.0940. The van der Waals surface area contributed by atoms with Crippen LogP contribution in [0.25, 0.3) is 10.9 Å². The van der Waals surface area contributed by atoms with Gasteiger partial charge < -0.3 is 15.2 Å². The molecule has 2 N–H and O–H groups in total. The number of anilines is 1. The molecule has 4 rings (SSSR count). The number of amides is 1. The Morgan fingerprint density at radius 3 is 2.74 bits per heavy atom. The van der Waals surface area contributed by atoms with Crippen molar-refractivity contribution in [3.63, 3.8) is 0 Å². The Hall–Kier alpha value is -2.75. The molecule has 0 fully saturated rings. The molecule has 0 aliphatic carbocycles. The zero-order valence-electron chi connectivity index (χ0n) is 13.0. The van der Waals surface area contributed by atoms with Crippen LogP contribution in [-0.4, -0.2) is 22.3 Å². The molecule has 4 nitrogen and oxygen atoms in total. The van der Waals surface area contributed by atoms with Gasteiger partial charge in [0, 0.05) is 34.9 Å². The van der Waals surface area contributed by atoms with E-state index in [4.69, 9.17) is 0 Å². The van der Waals surface area contributed by atoms with Gasteiger partial charge in [-0.3, -0.25) is 4.79 Å². The topological polar surface area (TPSA) is 48.1 Å². The van der Waals surface area contributed by atoms with E-state index in [1.807, 2.05) is 47.5 Å². The molecule has 1 atom stereocenters. The van der Waals surface area contributed by atoms with Crippen LogP contribution in [0, 0.1) is 0 Å². The van der Waals surface area contributed by atoms with Gasteiger partial charge in [0.05, 0.1) is 5.56 Å². The number of H-pyrrole nitrogens is 1. The maximum atomic E-state index is 12.9. The lowest BCUT2D eigenvalue weighted by Gasteiger charge is -2.37. The number of aromatic amines is 1. The number of para-hydroxylation sites is 2. The quantitative estimate of drug-likeness (QED) is 0.764. The molecule has 1 aliphatic rings. The average molecular weight is 305 g/mol. The molecule has 2 heterocycles. The Morgan fingerprint density at radius 1 is 1.09 bits per heavy atom. The second kappa shape index (κ2) is 5.47. The normalized spacial score (nSPS) is 17.2. The summed E-state index contributed by atoms with van der Waals surface area (Å²) in [7, 11) is 0. The molecule has 0 spiro atoms. The summed E-state index contributed by atoms with van der Waals surface area (Å²) in [6.07, 6.45) is 2.79. The fourth-order valence-corrected chi connectivity index (χ4v) is 3.33. The van der Waals surface area contributed by atoms with E-state index in [0.29, 0.717) is 0 Å². The maximum absolute atomic E-state index is 12.9. The number of benzene rings is 2. The Kier molecular flexibility index (Phi) is 3.30. The highest BCUT2D eigenvalue weighted by Crippen LogP contribution is 2.35. The van der Waals surface area contributed by atoms with Crippen LogP contribution in [0.3, 0.4) is 0 Å². The average Bonchev–Trinajstić information content (AvgIpc) is 3.01. The Balaban J connectivity index is 1.84. The predicted molar refractivity (Wildman–Crippen MR) is 92.4 cm³/mol. The van der Waals surface area contributed by atoms with Crippen molar-refractivity contribution < 1.29 is 4.79 Å². The SMILES string of the molecule is CCCN1C(=O)c2ccccc2NC1c1c[nH]c2ccccc12. The van der Waals surface area contributed by atoms with Gasteiger partial charge in [0.2, 0.25) is 0 Å². The molecular weight excluding hydrogens is 286 g/mol. The molecule has 1 unspecified atom stereocenters. The standard InChI is InChI=1S/C19H19N3O/c1-2-11-22-18(15-12-20-16-9-5-3-7-13(15)16)21-17-10-6-4-8-14(17)19(22)23/h3-10,12,18,20-21H,2,11H2,1H3. The fraction of sp³-hybridized carbons (Fsp3) is 0.211. The summed E-state index contributed by atoms with van der Waals surface area (Å²) in [5, 5.41) is 4.69. The summed E-state index contributed by atoms with van der Waals surface area (Å²) < 4.78 is 0. The van der Waals surface area contributed by atoms with E-state index in [1.54, 1.807) is 0 Å². The second-order valence-corrected chi connectivity index (χ2v) is 5.88. The molecule has 0 saturated carbocycles. The number of carbonyl (C=O) groups is 1. The molecule has 1 amide bonds. The smallest absolute Gasteiger partial charge is 0.257 e. The van der Waals surface area contributed by atoms with Crippen LogP contribution in [0.2, 0.25) is 0 Å². The highest BCUT2D eigenvalue weighted by molar-refractivity contribution is 6.02. The molecule has 0 radical (unpaired) electrons. The Morgan fingerprint density at radius 2 is 1.87 bits per heavy atom. The van der Waals surface area contributed by atoms with Gasteiger partial charge in [-0.2, -0.15) is 0 Å². The van der Waals surface area contributed by atoms with Gasteiger partial charge in [-0.1, -0.05) is 37.3 Å². The van der Waals surface area contributed by atoms with Crippen LogP contribution in [-0.2, 0) is 0 Å². The molecule has 4 heteroatoms. The van der Waals surface area contributed by atoms with Crippen LogP contribution in [0.4, 0.5) is 5.69 Å². The van der Waals surface area contributed by atoms with E-state index in [0.717, 1.165) is 40.7 Å². The van der Waals surface area contributed by atoms with Crippen molar-refractivity contribution in [3.05, 3.63) is 65.9 Å². The lowest BCUT2D eigenvalue weighted by Crippen LogP contribution is -2.43. The molecule has 116 valence electrons. The maximum Gasteiger partial charge on any atom is 0.257 e. The first kappa shape index (κ1) is 13.9. The molecular formula is C19H19N3O. The molecule has 1 aromatic heterocycles. The Bertz CT molecular complexity index is 868. The molecule has 0 bridgehead atoms. The first-order valence-corrected chi connectivity index (χ1v) is 8.02. The van der Waals surface area contributed by atoms with Crippen molar-refractivity contribution in [1.29, 1.82) is 0 Å². The molecule has 1 aliphatic heterocycles. The van der Waals surface area contributed by atoms with Gasteiger partial charge in [0.15, 0.2) is 0 Å². The third kappa shape index (κ3) is 2.18. The third-order valence-electron chi connectivity index (χ3n) is 4.40. The lowest BCUT2D eigenvalue weighted by atomic mass is 10.0. The van der Waals surface area contributed by atoms with Crippen LogP contribution >= 0.6 is 0 Å². The molecule has 2 aromatic carbocycles. The molecule has 0 saturated heterocycles. The van der Waals surface area contributed by atoms with Crippen molar-refractivity contribution >= 4 is 22.5 Å². The van der Waals surface area contributed by atoms with Crippen molar-refractivity contribution in [1.82, 2.24) is 9.88 Å². The second-order valence-electron chi connectivity index (χ2n) is 5.88. The molecule has 3 aromatic rings. The number of nitrogens with one attached hydrogen (secondary N) is 2. The van der Waals surface area contributed by atoms with Crippen LogP contribution in [0.5, 0.6) is 0 Å². The number of rotatable bonds is 3. The zero-order valence-corrected chi connectivity index (χ0v) is 13.0. The van der Waals surface area contributed by atoms with E-state index in [1.165, 1.54) is 0 Å². The lowest BCUT2D eigenvalue weighted by molar-refractivity contribution is 0.0684. The van der Waals surface area contributed by atoms with Gasteiger partial charge in [0.25, 0.3) is 5.91 Å². The summed E-state index contributed by atoms with van der Waals surface area (Å²) in [5.41, 5.74) is 3.85. The van der Waals surface area contributed by atoms with Gasteiger partial charge >= 0.3 is 0 Å². The minimum Gasteiger partial charge on any atom is -0.361 e. The van der Waals surface area contributed by atoms with Gasteiger partial charge in [-0.15, -0.1) is 0 Å². The Labute approximate surface area is 135 Å². The van der Waals surface area contributed by atoms with Gasteiger partial charge in [-0.05, 0) is 24.6 Å². The van der Waals surface area contributed by atoms with Crippen LogP contribution in [0.1, 0.15) is 35.4 Å². The van der Waals surface area contributed by atoms with Gasteiger partial charge in [-0.25, -0.2) is 0 Å². The largest absolute Gasteiger partial charge is 0.361 e. The first-order chi connectivity index (χ1) is 11.3. The summed E-state index contributed by atoms with van der Waals surface area (Å²) in [4.78, 5) is 18.2. The van der Waals surface area contributed by atoms with E-state index in [2.05, 4.69) is 29.4 Å². The predicted octanol–water partition coefficient (Wildman–Crippen LogP) is 4.14. The first-order valence-electron chi connectivity index (χ1n) is 8.02. The van der Waals surface area contributed by atoms with E-state index in [-0.39, 0.29) is 12.1 Å². The van der Waals surface area contributed by atoms with Crippen molar-refractivity contribution in [3.8, 4) is 0 Å². The van der Waals surface area contributed by atoms with Crippen molar-refractivity contribution in [2.75, 3.05) is 11.9 Å². The summed E-state index contributed by atoms with van der Waals surface area (Å²) >= 11 is 0. The summed E-state index contributed by atoms with van der Waals surface area (Å²) in [6.45, 7) is 2.82. The fourth-order valence-electron chi connectivity index (χ4n) is 3.33. The highest BCUT2D eigenvalue weighted by atomic mass is 16.2. The van der Waals surface area contributed by atoms with Crippen molar-refractivity contribution in [2.24, 2.45) is 0 Å². The number of hydrogen-bond acceptors (Lipinski definition) is 2. The van der Waals surface area contributed by atoms with E-state index in [9.17, 15) is 4.79 Å². The number of fused-ring (bicyclic) bond motifs is 2. The molecule has 23 heavy (non-hydrogen) atoms. The van der Waals surface area contributed by atoms with Crippen molar-refractivity contribution in [2.45, 2.75) is 19.5 Å².